The topological polar surface area (TPSA) is 255 Å². The number of unbranched alkanes of at least 4 members (excludes halogenated alkanes) is 1. The van der Waals surface area contributed by atoms with E-state index in [4.69, 9.17) is 31.2 Å². The van der Waals surface area contributed by atoms with E-state index in [-0.39, 0.29) is 77.5 Å². The lowest BCUT2D eigenvalue weighted by atomic mass is 10.2. The standard InChI is InChI=1S/C42H58F4N9O11PS/c1-26(40(60)47-14-17-63-19-21-65-23-22-64-20-18-62-16-12-33(59)66-38-35(44)34(43)36(45)39(67)37(38)46)51-32(58)24-49-41(61)27(2)50-31(57)7-5-15-55-25-29(53-54-55)6-3-4-13-48-42(68)52-28-8-10-30(56)11-9-28/h8-11,25-27,56H,3-7,12-24,67H2,1-2H3,(H,47,60)(H,49,61)(H,50,57)(H,51,58)(H2,48,52,68). The van der Waals surface area contributed by atoms with Gasteiger partial charge < -0.3 is 60.7 Å². The molecule has 1 aromatic heterocycles. The van der Waals surface area contributed by atoms with E-state index < -0.39 is 83.1 Å². The van der Waals surface area contributed by atoms with Crippen molar-refractivity contribution in [2.75, 3.05) is 77.8 Å². The molecule has 3 rings (SSSR count). The number of aromatic nitrogens is 3. The van der Waals surface area contributed by atoms with Crippen LogP contribution in [0.15, 0.2) is 30.5 Å². The van der Waals surface area contributed by atoms with Gasteiger partial charge in [-0.05, 0) is 76.0 Å². The molecule has 376 valence electrons. The van der Waals surface area contributed by atoms with Crippen LogP contribution in [0.25, 0.3) is 0 Å². The molecule has 0 saturated heterocycles. The number of halogens is 4. The Kier molecular flexibility index (Phi) is 26.2. The fraction of sp³-hybridized carbons (Fsp3) is 0.524. The largest absolute Gasteiger partial charge is 0.508 e. The first kappa shape index (κ1) is 56.7. The molecule has 0 aliphatic rings. The molecule has 1 heterocycles. The number of phenols is 1. The molecule has 0 aliphatic heterocycles. The number of amides is 4. The van der Waals surface area contributed by atoms with Gasteiger partial charge in [0, 0.05) is 43.2 Å². The Morgan fingerprint density at radius 3 is 1.99 bits per heavy atom. The molecule has 3 unspecified atom stereocenters. The summed E-state index contributed by atoms with van der Waals surface area (Å²) in [6, 6.07) is 4.77. The van der Waals surface area contributed by atoms with Gasteiger partial charge in [0.1, 0.15) is 17.8 Å². The molecule has 0 spiro atoms. The number of aromatic hydroxyl groups is 1. The van der Waals surface area contributed by atoms with E-state index in [1.165, 1.54) is 13.8 Å². The molecular formula is C42H58F4N9O11PS. The SMILES string of the molecule is CC(NC(=O)CCCn1cc(CCCCNC(=S)Nc2ccc(O)cc2)nn1)C(=O)NCC(=O)NC(C)C(=O)NCCOCCOCCOCCOCCC(=O)Oc1c(F)c(F)c(F)c(P)c1F. The predicted octanol–water partition coefficient (Wildman–Crippen LogP) is 1.43. The number of carbonyl (C=O) groups is 5. The molecule has 0 radical (unpaired) electrons. The zero-order valence-electron chi connectivity index (χ0n) is 37.6. The summed E-state index contributed by atoms with van der Waals surface area (Å²) in [5, 5.41) is 33.6. The van der Waals surface area contributed by atoms with E-state index in [9.17, 15) is 46.6 Å². The molecule has 2 aromatic carbocycles. The van der Waals surface area contributed by atoms with Gasteiger partial charge in [-0.2, -0.15) is 4.39 Å². The Balaban J connectivity index is 1.10. The van der Waals surface area contributed by atoms with Crippen molar-refractivity contribution in [3.05, 3.63) is 59.4 Å². The monoisotopic (exact) mass is 1000 g/mol. The summed E-state index contributed by atoms with van der Waals surface area (Å²) in [6.45, 7) is 4.94. The fourth-order valence-electron chi connectivity index (χ4n) is 5.58. The summed E-state index contributed by atoms with van der Waals surface area (Å²) in [5.41, 5.74) is 1.60. The number of phenolic OH excluding ortho intramolecular Hbond substituents is 1. The third kappa shape index (κ3) is 22.0. The molecule has 4 amide bonds. The van der Waals surface area contributed by atoms with E-state index in [0.717, 1.165) is 30.6 Å². The molecule has 20 nitrogen and oxygen atoms in total. The van der Waals surface area contributed by atoms with Crippen LogP contribution in [0.4, 0.5) is 23.2 Å². The van der Waals surface area contributed by atoms with Crippen molar-refractivity contribution < 1.29 is 70.3 Å². The number of carbonyl (C=O) groups excluding carboxylic acids is 5. The smallest absolute Gasteiger partial charge is 0.313 e. The molecule has 0 aliphatic carbocycles. The lowest BCUT2D eigenvalue weighted by Gasteiger charge is -2.16. The van der Waals surface area contributed by atoms with Crippen molar-refractivity contribution in [1.82, 2.24) is 41.6 Å². The number of anilines is 1. The highest BCUT2D eigenvalue weighted by molar-refractivity contribution is 7.80. The minimum absolute atomic E-state index is 0.0743. The second-order valence-corrected chi connectivity index (χ2v) is 15.7. The van der Waals surface area contributed by atoms with Crippen molar-refractivity contribution in [3.8, 4) is 11.5 Å². The summed E-state index contributed by atoms with van der Waals surface area (Å²) < 4.78 is 82.0. The number of ether oxygens (including phenoxy) is 5. The first-order valence-corrected chi connectivity index (χ1v) is 22.5. The van der Waals surface area contributed by atoms with Crippen LogP contribution in [0.1, 0.15) is 51.6 Å². The Morgan fingerprint density at radius 1 is 0.721 bits per heavy atom. The number of nitrogens with zero attached hydrogens (tertiary/aromatic N) is 3. The number of thiocarbonyl (C=S) groups is 1. The van der Waals surface area contributed by atoms with Crippen LogP contribution < -0.4 is 41.9 Å². The average Bonchev–Trinajstić information content (AvgIpc) is 3.77. The second-order valence-electron chi connectivity index (χ2n) is 14.7. The van der Waals surface area contributed by atoms with E-state index in [2.05, 4.69) is 46.9 Å². The molecule has 7 N–H and O–H groups in total. The molecule has 3 aromatic rings. The number of esters is 1. The van der Waals surface area contributed by atoms with Crippen molar-refractivity contribution in [3.63, 3.8) is 0 Å². The number of aryl methyl sites for hydroxylation is 2. The number of rotatable bonds is 32. The van der Waals surface area contributed by atoms with Crippen LogP contribution in [-0.2, 0) is 55.9 Å². The van der Waals surface area contributed by atoms with Crippen LogP contribution >= 0.6 is 21.5 Å². The van der Waals surface area contributed by atoms with Crippen molar-refractivity contribution in [1.29, 1.82) is 0 Å². The van der Waals surface area contributed by atoms with E-state index in [1.54, 1.807) is 38.2 Å². The molecule has 0 bridgehead atoms. The zero-order chi connectivity index (χ0) is 49.8. The second kappa shape index (κ2) is 31.5. The number of hydrogen-bond acceptors (Lipinski definition) is 14. The van der Waals surface area contributed by atoms with E-state index >= 15 is 0 Å². The lowest BCUT2D eigenvalue weighted by molar-refractivity contribution is -0.136. The van der Waals surface area contributed by atoms with Gasteiger partial charge in [0.15, 0.2) is 22.6 Å². The number of benzene rings is 2. The summed E-state index contributed by atoms with van der Waals surface area (Å²) >= 11 is 5.29. The van der Waals surface area contributed by atoms with Crippen LogP contribution in [-0.4, -0.2) is 139 Å². The molecular weight excluding hydrogens is 946 g/mol. The van der Waals surface area contributed by atoms with Gasteiger partial charge in [-0.25, -0.2) is 13.2 Å². The Morgan fingerprint density at radius 2 is 1.32 bits per heavy atom. The van der Waals surface area contributed by atoms with Gasteiger partial charge in [0.05, 0.1) is 71.5 Å². The quantitative estimate of drug-likeness (QED) is 0.00538. The first-order chi connectivity index (χ1) is 32.5. The van der Waals surface area contributed by atoms with E-state index in [0.29, 0.717) is 24.6 Å². The Hall–Kier alpha value is -5.59. The third-order valence-corrected chi connectivity index (χ3v) is 9.95. The summed E-state index contributed by atoms with van der Waals surface area (Å²) in [4.78, 5) is 61.5. The fourth-order valence-corrected chi connectivity index (χ4v) is 6.05. The Labute approximate surface area is 397 Å². The van der Waals surface area contributed by atoms with Gasteiger partial charge in [-0.3, -0.25) is 28.7 Å². The Bertz CT molecular complexity index is 2080. The van der Waals surface area contributed by atoms with Gasteiger partial charge in [-0.15, -0.1) is 5.10 Å². The van der Waals surface area contributed by atoms with Gasteiger partial charge in [-0.1, -0.05) is 14.5 Å². The first-order valence-electron chi connectivity index (χ1n) is 21.6. The molecule has 68 heavy (non-hydrogen) atoms. The molecule has 3 atom stereocenters. The van der Waals surface area contributed by atoms with Crippen LogP contribution in [0.2, 0.25) is 0 Å². The predicted molar refractivity (Wildman–Crippen MR) is 245 cm³/mol. The van der Waals surface area contributed by atoms with Crippen LogP contribution in [0, 0.1) is 23.3 Å². The minimum Gasteiger partial charge on any atom is -0.508 e. The van der Waals surface area contributed by atoms with Crippen molar-refractivity contribution in [2.24, 2.45) is 0 Å². The highest BCUT2D eigenvalue weighted by Gasteiger charge is 2.26. The van der Waals surface area contributed by atoms with Gasteiger partial charge >= 0.3 is 5.97 Å². The van der Waals surface area contributed by atoms with Crippen LogP contribution in [0.3, 0.4) is 0 Å². The number of hydrogen-bond donors (Lipinski definition) is 7. The maximum Gasteiger partial charge on any atom is 0.313 e. The summed E-state index contributed by atoms with van der Waals surface area (Å²) in [7, 11) is 1.56. The summed E-state index contributed by atoms with van der Waals surface area (Å²) in [5.74, 6) is -11.5. The zero-order valence-corrected chi connectivity index (χ0v) is 39.6. The average molecular weight is 1000 g/mol. The highest BCUT2D eigenvalue weighted by Crippen LogP contribution is 2.26. The molecule has 0 saturated carbocycles. The maximum atomic E-state index is 14.0. The minimum atomic E-state index is -1.97. The van der Waals surface area contributed by atoms with Crippen molar-refractivity contribution in [2.45, 2.75) is 71.0 Å². The van der Waals surface area contributed by atoms with Crippen molar-refractivity contribution >= 4 is 67.2 Å². The van der Waals surface area contributed by atoms with Gasteiger partial charge in [0.25, 0.3) is 0 Å². The normalized spacial score (nSPS) is 11.9. The lowest BCUT2D eigenvalue weighted by Crippen LogP contribution is -2.51. The molecule has 0 fully saturated rings. The maximum absolute atomic E-state index is 14.0. The van der Waals surface area contributed by atoms with Gasteiger partial charge in [0.2, 0.25) is 35.2 Å². The third-order valence-electron chi connectivity index (χ3n) is 9.20. The van der Waals surface area contributed by atoms with Crippen LogP contribution in [0.5, 0.6) is 11.5 Å². The molecule has 26 heteroatoms. The summed E-state index contributed by atoms with van der Waals surface area (Å²) in [6.07, 6.45) is 4.44. The number of nitrogens with one attached hydrogen (secondary N) is 6. The van der Waals surface area contributed by atoms with E-state index in [1.807, 2.05) is 6.20 Å². The highest BCUT2D eigenvalue weighted by atomic mass is 32.1.